The monoisotopic (exact) mass is 288 g/mol. The van der Waals surface area contributed by atoms with Gasteiger partial charge in [0.2, 0.25) is 5.91 Å². The topological polar surface area (TPSA) is 64.2 Å². The molecule has 5 nitrogen and oxygen atoms in total. The van der Waals surface area contributed by atoms with E-state index in [1.54, 1.807) is 11.1 Å². The highest BCUT2D eigenvalue weighted by atomic mass is 35.5. The summed E-state index contributed by atoms with van der Waals surface area (Å²) in [6, 6.07) is -0.398. The molecule has 0 unspecified atom stereocenters. The van der Waals surface area contributed by atoms with Crippen LogP contribution in [0.25, 0.3) is 0 Å². The van der Waals surface area contributed by atoms with Crippen molar-refractivity contribution in [1.29, 1.82) is 0 Å². The fraction of sp³-hybridized carbons (Fsp3) is 0.692. The Morgan fingerprint density at radius 3 is 2.63 bits per heavy atom. The lowest BCUT2D eigenvalue weighted by Crippen LogP contribution is -2.45. The lowest BCUT2D eigenvalue weighted by molar-refractivity contribution is -0.132. The van der Waals surface area contributed by atoms with E-state index < -0.39 is 6.04 Å². The van der Waals surface area contributed by atoms with Crippen molar-refractivity contribution in [1.82, 2.24) is 14.5 Å². The molecule has 19 heavy (non-hydrogen) atoms. The van der Waals surface area contributed by atoms with E-state index in [1.807, 2.05) is 34.0 Å². The van der Waals surface area contributed by atoms with Gasteiger partial charge in [-0.25, -0.2) is 4.98 Å². The number of rotatable bonds is 6. The van der Waals surface area contributed by atoms with Crippen molar-refractivity contribution in [3.05, 3.63) is 18.2 Å². The second kappa shape index (κ2) is 8.17. The van der Waals surface area contributed by atoms with Crippen molar-refractivity contribution >= 4 is 18.3 Å². The molecule has 0 aliphatic carbocycles. The molecule has 110 valence electrons. The lowest BCUT2D eigenvalue weighted by Gasteiger charge is -2.23. The Hall–Kier alpha value is -1.07. The number of likely N-dealkylation sites (N-methyl/N-ethyl adjacent to an activating group) is 1. The number of nitrogens with two attached hydrogens (primary N) is 1. The summed E-state index contributed by atoms with van der Waals surface area (Å²) in [6.07, 6.45) is 4.65. The maximum atomic E-state index is 11.9. The Bertz CT molecular complexity index is 392. The van der Waals surface area contributed by atoms with Crippen LogP contribution >= 0.6 is 12.4 Å². The van der Waals surface area contributed by atoms with E-state index in [4.69, 9.17) is 5.73 Å². The van der Waals surface area contributed by atoms with Gasteiger partial charge in [-0.2, -0.15) is 0 Å². The van der Waals surface area contributed by atoms with Crippen LogP contribution in [0.15, 0.2) is 12.4 Å². The number of imidazole rings is 1. The van der Waals surface area contributed by atoms with Gasteiger partial charge in [-0.1, -0.05) is 13.8 Å². The zero-order chi connectivity index (χ0) is 13.7. The normalized spacial score (nSPS) is 12.1. The summed E-state index contributed by atoms with van der Waals surface area (Å²) in [7, 11) is 1.81. The molecule has 1 rings (SSSR count). The molecular weight excluding hydrogens is 264 g/mol. The van der Waals surface area contributed by atoms with E-state index in [0.29, 0.717) is 0 Å². The number of aryl methyl sites for hydroxylation is 2. The minimum Gasteiger partial charge on any atom is -0.344 e. The van der Waals surface area contributed by atoms with Crippen LogP contribution in [0.5, 0.6) is 0 Å². The maximum absolute atomic E-state index is 11.9. The first-order valence-corrected chi connectivity index (χ1v) is 6.41. The maximum Gasteiger partial charge on any atom is 0.239 e. The van der Waals surface area contributed by atoms with Crippen LogP contribution in [-0.4, -0.2) is 40.0 Å². The van der Waals surface area contributed by atoms with Crippen molar-refractivity contribution in [3.63, 3.8) is 0 Å². The summed E-state index contributed by atoms with van der Waals surface area (Å²) >= 11 is 0. The van der Waals surface area contributed by atoms with Gasteiger partial charge in [-0.05, 0) is 19.3 Å². The van der Waals surface area contributed by atoms with Crippen LogP contribution < -0.4 is 5.73 Å². The van der Waals surface area contributed by atoms with Gasteiger partial charge in [-0.3, -0.25) is 4.79 Å². The molecule has 0 aliphatic heterocycles. The van der Waals surface area contributed by atoms with E-state index in [-0.39, 0.29) is 24.2 Å². The molecule has 0 saturated carbocycles. The summed E-state index contributed by atoms with van der Waals surface area (Å²) in [6.45, 7) is 7.50. The molecule has 0 radical (unpaired) electrons. The Balaban J connectivity index is 0.00000324. The van der Waals surface area contributed by atoms with E-state index >= 15 is 0 Å². The van der Waals surface area contributed by atoms with Gasteiger partial charge in [0.25, 0.3) is 0 Å². The summed E-state index contributed by atoms with van der Waals surface area (Å²) in [4.78, 5) is 17.8. The number of carbonyl (C=O) groups excluding carboxylic acids is 1. The van der Waals surface area contributed by atoms with Crippen molar-refractivity contribution in [2.24, 2.45) is 11.7 Å². The molecule has 0 fully saturated rings. The molecule has 0 aliphatic rings. The van der Waals surface area contributed by atoms with Crippen molar-refractivity contribution in [3.8, 4) is 0 Å². The number of nitrogens with zero attached hydrogens (tertiary/aromatic N) is 3. The molecule has 1 aromatic heterocycles. The minimum atomic E-state index is -0.398. The molecule has 1 atom stereocenters. The van der Waals surface area contributed by atoms with Gasteiger partial charge >= 0.3 is 0 Å². The number of aromatic nitrogens is 2. The highest BCUT2D eigenvalue weighted by Crippen LogP contribution is 2.04. The highest BCUT2D eigenvalue weighted by Gasteiger charge is 2.20. The molecule has 0 bridgehead atoms. The fourth-order valence-electron chi connectivity index (χ4n) is 1.77. The van der Waals surface area contributed by atoms with Crippen molar-refractivity contribution < 1.29 is 4.79 Å². The van der Waals surface area contributed by atoms with Gasteiger partial charge in [0.05, 0.1) is 6.04 Å². The fourth-order valence-corrected chi connectivity index (χ4v) is 1.77. The second-order valence-corrected chi connectivity index (χ2v) is 5.05. The standard InChI is InChI=1S/C13H24N4O.ClH/c1-10(2)12(14)13(18)16(4)7-5-8-17-9-6-15-11(17)3;/h6,9-10,12H,5,7-8,14H2,1-4H3;1H/t12-;/m0./s1. The first kappa shape index (κ1) is 17.9. The van der Waals surface area contributed by atoms with E-state index in [2.05, 4.69) is 9.55 Å². The molecule has 2 N–H and O–H groups in total. The third-order valence-corrected chi connectivity index (χ3v) is 3.20. The van der Waals surface area contributed by atoms with Gasteiger partial charge < -0.3 is 15.2 Å². The SMILES string of the molecule is Cc1nccn1CCCN(C)C(=O)[C@@H](N)C(C)C.Cl. The first-order valence-electron chi connectivity index (χ1n) is 6.41. The van der Waals surface area contributed by atoms with E-state index in [1.165, 1.54) is 0 Å². The van der Waals surface area contributed by atoms with Crippen LogP contribution in [0, 0.1) is 12.8 Å². The summed E-state index contributed by atoms with van der Waals surface area (Å²) in [5.74, 6) is 1.20. The number of hydrogen-bond donors (Lipinski definition) is 1. The molecule has 1 aromatic rings. The molecule has 6 heteroatoms. The van der Waals surface area contributed by atoms with Crippen LogP contribution in [0.3, 0.4) is 0 Å². The molecule has 0 saturated heterocycles. The number of carbonyl (C=O) groups is 1. The predicted octanol–water partition coefficient (Wildman–Crippen LogP) is 1.45. The quantitative estimate of drug-likeness (QED) is 0.862. The Kier molecular flexibility index (Phi) is 7.71. The summed E-state index contributed by atoms with van der Waals surface area (Å²) in [5, 5.41) is 0. The van der Waals surface area contributed by atoms with Crippen LogP contribution in [0.1, 0.15) is 26.1 Å². The Morgan fingerprint density at radius 1 is 1.53 bits per heavy atom. The molecular formula is C13H25ClN4O. The Morgan fingerprint density at radius 2 is 2.16 bits per heavy atom. The van der Waals surface area contributed by atoms with Gasteiger partial charge in [0, 0.05) is 32.5 Å². The number of hydrogen-bond acceptors (Lipinski definition) is 3. The lowest BCUT2D eigenvalue weighted by atomic mass is 10.0. The summed E-state index contributed by atoms with van der Waals surface area (Å²) in [5.41, 5.74) is 5.84. The van der Waals surface area contributed by atoms with E-state index in [0.717, 1.165) is 25.3 Å². The average molecular weight is 289 g/mol. The average Bonchev–Trinajstić information content (AvgIpc) is 2.73. The van der Waals surface area contributed by atoms with Gasteiger partial charge in [0.15, 0.2) is 0 Å². The van der Waals surface area contributed by atoms with Gasteiger partial charge in [0.1, 0.15) is 5.82 Å². The number of amides is 1. The molecule has 1 heterocycles. The smallest absolute Gasteiger partial charge is 0.239 e. The molecule has 1 amide bonds. The molecule has 0 spiro atoms. The van der Waals surface area contributed by atoms with Crippen LogP contribution in [0.4, 0.5) is 0 Å². The van der Waals surface area contributed by atoms with Gasteiger partial charge in [-0.15, -0.1) is 12.4 Å². The van der Waals surface area contributed by atoms with Crippen LogP contribution in [0.2, 0.25) is 0 Å². The third-order valence-electron chi connectivity index (χ3n) is 3.20. The zero-order valence-corrected chi connectivity index (χ0v) is 13.0. The second-order valence-electron chi connectivity index (χ2n) is 5.05. The van der Waals surface area contributed by atoms with Crippen molar-refractivity contribution in [2.75, 3.05) is 13.6 Å². The largest absolute Gasteiger partial charge is 0.344 e. The minimum absolute atomic E-state index is 0. The first-order chi connectivity index (χ1) is 8.43. The summed E-state index contributed by atoms with van der Waals surface area (Å²) < 4.78 is 2.08. The predicted molar refractivity (Wildman–Crippen MR) is 79.3 cm³/mol. The zero-order valence-electron chi connectivity index (χ0n) is 12.2. The van der Waals surface area contributed by atoms with Crippen molar-refractivity contribution in [2.45, 2.75) is 39.8 Å². The van der Waals surface area contributed by atoms with E-state index in [9.17, 15) is 4.79 Å². The van der Waals surface area contributed by atoms with Crippen LogP contribution in [-0.2, 0) is 11.3 Å². The Labute approximate surface area is 121 Å². The third kappa shape index (κ3) is 5.20. The highest BCUT2D eigenvalue weighted by molar-refractivity contribution is 5.85. The molecule has 0 aromatic carbocycles. The number of halogens is 1.